The van der Waals surface area contributed by atoms with Gasteiger partial charge in [-0.05, 0) is 47.1 Å². The smallest absolute Gasteiger partial charge is 0.237 e. The molecule has 4 heteroatoms. The van der Waals surface area contributed by atoms with E-state index in [9.17, 15) is 4.79 Å². The van der Waals surface area contributed by atoms with Gasteiger partial charge < -0.3 is 10.6 Å². The van der Waals surface area contributed by atoms with Crippen LogP contribution in [0, 0.1) is 0 Å². The van der Waals surface area contributed by atoms with Crippen molar-refractivity contribution >= 4 is 5.91 Å². The van der Waals surface area contributed by atoms with Crippen LogP contribution in [0.15, 0.2) is 0 Å². The molecule has 1 rings (SSSR count). The number of nitrogens with one attached hydrogen (secondary N) is 2. The Bertz CT molecular complexity index is 266. The third-order valence-corrected chi connectivity index (χ3v) is 3.93. The zero-order chi connectivity index (χ0) is 13.7. The lowest BCUT2D eigenvalue weighted by Gasteiger charge is -2.26. The average molecular weight is 255 g/mol. The van der Waals surface area contributed by atoms with Crippen molar-refractivity contribution in [2.24, 2.45) is 0 Å². The maximum Gasteiger partial charge on any atom is 0.237 e. The number of carbonyl (C=O) groups is 1. The van der Waals surface area contributed by atoms with Crippen LogP contribution in [-0.2, 0) is 4.79 Å². The molecule has 0 aromatic carbocycles. The number of rotatable bonds is 8. The van der Waals surface area contributed by atoms with E-state index in [1.807, 2.05) is 13.8 Å². The van der Waals surface area contributed by atoms with Gasteiger partial charge in [-0.1, -0.05) is 6.92 Å². The highest BCUT2D eigenvalue weighted by atomic mass is 16.2. The summed E-state index contributed by atoms with van der Waals surface area (Å²) >= 11 is 0. The fourth-order valence-corrected chi connectivity index (χ4v) is 1.90. The zero-order valence-corrected chi connectivity index (χ0v) is 12.5. The van der Waals surface area contributed by atoms with Crippen LogP contribution in [0.5, 0.6) is 0 Å². The number of amides is 1. The molecule has 1 saturated carbocycles. The van der Waals surface area contributed by atoms with E-state index >= 15 is 0 Å². The van der Waals surface area contributed by atoms with Gasteiger partial charge in [-0.3, -0.25) is 9.69 Å². The van der Waals surface area contributed by atoms with E-state index in [2.05, 4.69) is 36.4 Å². The second kappa shape index (κ2) is 7.10. The van der Waals surface area contributed by atoms with Crippen LogP contribution in [0.25, 0.3) is 0 Å². The Labute approximate surface area is 111 Å². The van der Waals surface area contributed by atoms with E-state index in [0.717, 1.165) is 19.0 Å². The molecule has 0 saturated heterocycles. The van der Waals surface area contributed by atoms with Gasteiger partial charge in [0.25, 0.3) is 0 Å². The van der Waals surface area contributed by atoms with Crippen LogP contribution in [-0.4, -0.2) is 48.6 Å². The summed E-state index contributed by atoms with van der Waals surface area (Å²) in [4.78, 5) is 14.3. The first-order chi connectivity index (χ1) is 8.45. The van der Waals surface area contributed by atoms with Crippen LogP contribution in [0.4, 0.5) is 0 Å². The van der Waals surface area contributed by atoms with Gasteiger partial charge >= 0.3 is 0 Å². The molecule has 0 aliphatic heterocycles. The summed E-state index contributed by atoms with van der Waals surface area (Å²) < 4.78 is 0. The van der Waals surface area contributed by atoms with Crippen molar-refractivity contribution in [1.82, 2.24) is 15.5 Å². The van der Waals surface area contributed by atoms with Gasteiger partial charge in [-0.2, -0.15) is 0 Å². The second-order valence-corrected chi connectivity index (χ2v) is 5.69. The van der Waals surface area contributed by atoms with Crippen molar-refractivity contribution in [2.75, 3.05) is 13.6 Å². The Morgan fingerprint density at radius 1 is 1.33 bits per heavy atom. The monoisotopic (exact) mass is 255 g/mol. The summed E-state index contributed by atoms with van der Waals surface area (Å²) in [6.45, 7) is 9.12. The van der Waals surface area contributed by atoms with E-state index in [0.29, 0.717) is 6.04 Å². The summed E-state index contributed by atoms with van der Waals surface area (Å²) in [5, 5.41) is 6.32. The fourth-order valence-electron chi connectivity index (χ4n) is 1.90. The molecule has 4 nitrogen and oxygen atoms in total. The minimum Gasteiger partial charge on any atom is -0.352 e. The predicted octanol–water partition coefficient (Wildman–Crippen LogP) is 1.36. The molecular weight excluding hydrogens is 226 g/mol. The van der Waals surface area contributed by atoms with Crippen molar-refractivity contribution in [3.05, 3.63) is 0 Å². The lowest BCUT2D eigenvalue weighted by Crippen LogP contribution is -2.49. The normalized spacial score (nSPS) is 20.6. The first-order valence-corrected chi connectivity index (χ1v) is 7.21. The molecule has 1 aliphatic carbocycles. The van der Waals surface area contributed by atoms with Crippen LogP contribution in [0.3, 0.4) is 0 Å². The van der Waals surface area contributed by atoms with Gasteiger partial charge in [-0.25, -0.2) is 0 Å². The second-order valence-electron chi connectivity index (χ2n) is 5.69. The number of hydrogen-bond donors (Lipinski definition) is 2. The Morgan fingerprint density at radius 3 is 2.44 bits per heavy atom. The van der Waals surface area contributed by atoms with Gasteiger partial charge in [0.05, 0.1) is 6.04 Å². The van der Waals surface area contributed by atoms with Gasteiger partial charge in [0.15, 0.2) is 0 Å². The lowest BCUT2D eigenvalue weighted by atomic mass is 10.2. The highest BCUT2D eigenvalue weighted by Crippen LogP contribution is 2.26. The Balaban J connectivity index is 2.22. The van der Waals surface area contributed by atoms with Crippen molar-refractivity contribution < 1.29 is 4.79 Å². The maximum atomic E-state index is 11.9. The lowest BCUT2D eigenvalue weighted by molar-refractivity contribution is -0.123. The summed E-state index contributed by atoms with van der Waals surface area (Å²) in [6, 6.07) is 1.39. The summed E-state index contributed by atoms with van der Waals surface area (Å²) in [5.41, 5.74) is 0. The average Bonchev–Trinajstić information content (AvgIpc) is 3.18. The largest absolute Gasteiger partial charge is 0.352 e. The van der Waals surface area contributed by atoms with Crippen molar-refractivity contribution in [1.29, 1.82) is 0 Å². The minimum atomic E-state index is -0.117. The number of likely N-dealkylation sites (N-methyl/N-ethyl adjacent to an activating group) is 1. The molecule has 3 unspecified atom stereocenters. The SMILES string of the molecule is CCC(C)NC(=O)C(C)NCC(C)N(C)C1CC1. The van der Waals surface area contributed by atoms with E-state index in [4.69, 9.17) is 0 Å². The topological polar surface area (TPSA) is 44.4 Å². The number of hydrogen-bond acceptors (Lipinski definition) is 3. The summed E-state index contributed by atoms with van der Waals surface area (Å²) in [5.74, 6) is 0.102. The van der Waals surface area contributed by atoms with Gasteiger partial charge in [0, 0.05) is 24.7 Å². The molecule has 0 radical (unpaired) electrons. The van der Waals surface area contributed by atoms with Crippen LogP contribution in [0.1, 0.15) is 47.0 Å². The van der Waals surface area contributed by atoms with E-state index in [1.165, 1.54) is 12.8 Å². The first-order valence-electron chi connectivity index (χ1n) is 7.21. The molecule has 1 aliphatic rings. The molecule has 0 heterocycles. The van der Waals surface area contributed by atoms with Crippen LogP contribution >= 0.6 is 0 Å². The van der Waals surface area contributed by atoms with Crippen molar-refractivity contribution in [2.45, 2.75) is 71.1 Å². The summed E-state index contributed by atoms with van der Waals surface area (Å²) in [6.07, 6.45) is 3.62. The molecule has 0 aromatic heterocycles. The van der Waals surface area contributed by atoms with Gasteiger partial charge in [-0.15, -0.1) is 0 Å². The highest BCUT2D eigenvalue weighted by Gasteiger charge is 2.29. The van der Waals surface area contributed by atoms with E-state index in [1.54, 1.807) is 0 Å². The molecule has 18 heavy (non-hydrogen) atoms. The zero-order valence-electron chi connectivity index (χ0n) is 12.5. The van der Waals surface area contributed by atoms with E-state index in [-0.39, 0.29) is 18.0 Å². The minimum absolute atomic E-state index is 0.102. The Morgan fingerprint density at radius 2 is 1.94 bits per heavy atom. The predicted molar refractivity (Wildman–Crippen MR) is 75.6 cm³/mol. The van der Waals surface area contributed by atoms with Gasteiger partial charge in [0.2, 0.25) is 5.91 Å². The van der Waals surface area contributed by atoms with Crippen LogP contribution < -0.4 is 10.6 Å². The molecule has 2 N–H and O–H groups in total. The molecular formula is C14H29N3O. The molecule has 0 aromatic rings. The van der Waals surface area contributed by atoms with Gasteiger partial charge in [0.1, 0.15) is 0 Å². The number of nitrogens with zero attached hydrogens (tertiary/aromatic N) is 1. The number of carbonyl (C=O) groups excluding carboxylic acids is 1. The Kier molecular flexibility index (Phi) is 6.09. The molecule has 106 valence electrons. The third kappa shape index (κ3) is 4.94. The third-order valence-electron chi connectivity index (χ3n) is 3.93. The fraction of sp³-hybridized carbons (Fsp3) is 0.929. The quantitative estimate of drug-likeness (QED) is 0.688. The van der Waals surface area contributed by atoms with Crippen molar-refractivity contribution in [3.63, 3.8) is 0 Å². The molecule has 0 spiro atoms. The maximum absolute atomic E-state index is 11.9. The highest BCUT2D eigenvalue weighted by molar-refractivity contribution is 5.81. The van der Waals surface area contributed by atoms with E-state index < -0.39 is 0 Å². The van der Waals surface area contributed by atoms with Crippen LogP contribution in [0.2, 0.25) is 0 Å². The Hall–Kier alpha value is -0.610. The molecule has 3 atom stereocenters. The molecule has 0 bridgehead atoms. The molecule has 1 amide bonds. The summed E-state index contributed by atoms with van der Waals surface area (Å²) in [7, 11) is 2.17. The first kappa shape index (κ1) is 15.4. The van der Waals surface area contributed by atoms with Crippen molar-refractivity contribution in [3.8, 4) is 0 Å². The molecule has 1 fully saturated rings. The standard InChI is InChI=1S/C14H29N3O/c1-6-10(2)16-14(18)12(4)15-9-11(3)17(5)13-7-8-13/h10-13,15H,6-9H2,1-5H3,(H,16,18).